The highest BCUT2D eigenvalue weighted by molar-refractivity contribution is 5.95. The van der Waals surface area contributed by atoms with Gasteiger partial charge in [-0.25, -0.2) is 0 Å². The highest BCUT2D eigenvalue weighted by Crippen LogP contribution is 2.24. The van der Waals surface area contributed by atoms with Crippen molar-refractivity contribution >= 4 is 11.8 Å². The van der Waals surface area contributed by atoms with Crippen LogP contribution in [0.1, 0.15) is 67.9 Å². The number of carbonyl (C=O) groups excluding carboxylic acids is 2. The van der Waals surface area contributed by atoms with Gasteiger partial charge in [0, 0.05) is 37.3 Å². The van der Waals surface area contributed by atoms with E-state index in [2.05, 4.69) is 37.1 Å². The van der Waals surface area contributed by atoms with Crippen LogP contribution in [0.15, 0.2) is 18.2 Å². The number of rotatable bonds is 5. The summed E-state index contributed by atoms with van der Waals surface area (Å²) < 4.78 is 0. The number of amides is 2. The molecule has 2 fully saturated rings. The summed E-state index contributed by atoms with van der Waals surface area (Å²) in [6.07, 6.45) is 4.26. The van der Waals surface area contributed by atoms with Crippen LogP contribution in [0.5, 0.6) is 0 Å². The smallest absolute Gasteiger partial charge is 0.253 e. The van der Waals surface area contributed by atoms with Gasteiger partial charge in [-0.2, -0.15) is 0 Å². The minimum absolute atomic E-state index is 0.0435. The molecule has 5 heteroatoms. The van der Waals surface area contributed by atoms with Crippen LogP contribution in [-0.2, 0) is 4.79 Å². The van der Waals surface area contributed by atoms with E-state index < -0.39 is 0 Å². The van der Waals surface area contributed by atoms with E-state index in [1.54, 1.807) is 0 Å². The number of nitrogens with one attached hydrogen (secondary N) is 1. The molecule has 5 nitrogen and oxygen atoms in total. The summed E-state index contributed by atoms with van der Waals surface area (Å²) in [6.45, 7) is 14.9. The molecule has 0 aromatic heterocycles. The summed E-state index contributed by atoms with van der Waals surface area (Å²) in [5.41, 5.74) is 2.87. The van der Waals surface area contributed by atoms with Crippen molar-refractivity contribution in [2.75, 3.05) is 32.7 Å². The zero-order chi connectivity index (χ0) is 21.9. The molecule has 30 heavy (non-hydrogen) atoms. The minimum atomic E-state index is -0.121. The Labute approximate surface area is 182 Å². The first-order chi connectivity index (χ1) is 14.2. The van der Waals surface area contributed by atoms with Crippen molar-refractivity contribution in [2.24, 2.45) is 11.8 Å². The van der Waals surface area contributed by atoms with Crippen molar-refractivity contribution < 1.29 is 9.59 Å². The summed E-state index contributed by atoms with van der Waals surface area (Å²) in [5, 5.41) is 3.20. The van der Waals surface area contributed by atoms with E-state index in [-0.39, 0.29) is 23.3 Å². The van der Waals surface area contributed by atoms with Gasteiger partial charge in [0.1, 0.15) is 0 Å². The SMILES string of the molecule is Cc1cc(C)cc(C(=O)N2CCCC(C(=O)NCC(C)(C)N3CCCC(C)C3)C2)c1. The standard InChI is InChI=1S/C25H39N3O2/c1-18-8-6-11-28(15-18)25(4,5)17-26-23(29)21-9-7-10-27(16-21)24(30)22-13-19(2)12-20(3)14-22/h12-14,18,21H,6-11,15-17H2,1-5H3,(H,26,29). The normalized spacial score (nSPS) is 23.3. The molecule has 3 rings (SSSR count). The molecular formula is C25H39N3O2. The van der Waals surface area contributed by atoms with Crippen LogP contribution >= 0.6 is 0 Å². The Morgan fingerprint density at radius 1 is 1.03 bits per heavy atom. The van der Waals surface area contributed by atoms with Crippen molar-refractivity contribution in [3.8, 4) is 0 Å². The summed E-state index contributed by atoms with van der Waals surface area (Å²) in [7, 11) is 0. The van der Waals surface area contributed by atoms with Crippen LogP contribution in [0.2, 0.25) is 0 Å². The third-order valence-corrected chi connectivity index (χ3v) is 6.76. The predicted octanol–water partition coefficient (Wildman–Crippen LogP) is 3.78. The van der Waals surface area contributed by atoms with Crippen LogP contribution < -0.4 is 5.32 Å². The number of likely N-dealkylation sites (tertiary alicyclic amines) is 2. The lowest BCUT2D eigenvalue weighted by Gasteiger charge is -2.43. The Bertz CT molecular complexity index is 753. The highest BCUT2D eigenvalue weighted by Gasteiger charge is 2.33. The molecule has 2 aliphatic heterocycles. The van der Waals surface area contributed by atoms with Gasteiger partial charge in [-0.3, -0.25) is 14.5 Å². The first kappa shape index (κ1) is 22.8. The lowest BCUT2D eigenvalue weighted by molar-refractivity contribution is -0.127. The fraction of sp³-hybridized carbons (Fsp3) is 0.680. The maximum Gasteiger partial charge on any atom is 0.253 e. The quantitative estimate of drug-likeness (QED) is 0.799. The van der Waals surface area contributed by atoms with Gasteiger partial charge in [-0.05, 0) is 78.0 Å². The number of nitrogens with zero attached hydrogens (tertiary/aromatic N) is 2. The molecule has 2 unspecified atom stereocenters. The Balaban J connectivity index is 1.56. The van der Waals surface area contributed by atoms with Gasteiger partial charge in [0.2, 0.25) is 5.91 Å². The largest absolute Gasteiger partial charge is 0.354 e. The van der Waals surface area contributed by atoms with Crippen molar-refractivity contribution in [3.63, 3.8) is 0 Å². The van der Waals surface area contributed by atoms with Gasteiger partial charge in [0.15, 0.2) is 0 Å². The average molecular weight is 414 g/mol. The maximum absolute atomic E-state index is 13.0. The first-order valence-electron chi connectivity index (χ1n) is 11.6. The molecule has 0 saturated carbocycles. The van der Waals surface area contributed by atoms with E-state index >= 15 is 0 Å². The molecule has 166 valence electrons. The second kappa shape index (κ2) is 9.51. The molecule has 0 bridgehead atoms. The maximum atomic E-state index is 13.0. The fourth-order valence-corrected chi connectivity index (χ4v) is 4.96. The predicted molar refractivity (Wildman–Crippen MR) is 122 cm³/mol. The lowest BCUT2D eigenvalue weighted by atomic mass is 9.92. The van der Waals surface area contributed by atoms with Crippen molar-refractivity contribution in [1.82, 2.24) is 15.1 Å². The van der Waals surface area contributed by atoms with Gasteiger partial charge in [0.05, 0.1) is 5.92 Å². The Hall–Kier alpha value is -1.88. The van der Waals surface area contributed by atoms with Gasteiger partial charge >= 0.3 is 0 Å². The minimum Gasteiger partial charge on any atom is -0.354 e. The van der Waals surface area contributed by atoms with E-state index in [0.29, 0.717) is 13.1 Å². The molecule has 2 aliphatic rings. The molecule has 0 spiro atoms. The number of hydrogen-bond donors (Lipinski definition) is 1. The Kier molecular flexibility index (Phi) is 7.22. The number of carbonyl (C=O) groups is 2. The van der Waals surface area contributed by atoms with E-state index in [4.69, 9.17) is 0 Å². The molecule has 2 amide bonds. The molecule has 0 aliphatic carbocycles. The molecule has 1 N–H and O–H groups in total. The van der Waals surface area contributed by atoms with E-state index in [1.165, 1.54) is 12.8 Å². The molecule has 1 aromatic rings. The van der Waals surface area contributed by atoms with Gasteiger partial charge in [-0.15, -0.1) is 0 Å². The van der Waals surface area contributed by atoms with Gasteiger partial charge in [0.25, 0.3) is 5.91 Å². The molecule has 2 saturated heterocycles. The van der Waals surface area contributed by atoms with Crippen LogP contribution in [0.25, 0.3) is 0 Å². The second-order valence-electron chi connectivity index (χ2n) is 10.2. The Morgan fingerprint density at radius 2 is 1.70 bits per heavy atom. The van der Waals surface area contributed by atoms with Crippen LogP contribution in [-0.4, -0.2) is 59.9 Å². The Morgan fingerprint density at radius 3 is 2.37 bits per heavy atom. The number of piperidine rings is 2. The molecule has 2 heterocycles. The summed E-state index contributed by atoms with van der Waals surface area (Å²) in [6, 6.07) is 5.97. The van der Waals surface area contributed by atoms with Gasteiger partial charge in [-0.1, -0.05) is 24.1 Å². The van der Waals surface area contributed by atoms with Crippen LogP contribution in [0, 0.1) is 25.7 Å². The second-order valence-corrected chi connectivity index (χ2v) is 10.2. The van der Waals surface area contributed by atoms with Crippen molar-refractivity contribution in [2.45, 2.75) is 65.8 Å². The molecular weight excluding hydrogens is 374 g/mol. The summed E-state index contributed by atoms with van der Waals surface area (Å²) in [4.78, 5) is 30.3. The summed E-state index contributed by atoms with van der Waals surface area (Å²) >= 11 is 0. The zero-order valence-electron chi connectivity index (χ0n) is 19.5. The van der Waals surface area contributed by atoms with E-state index in [9.17, 15) is 9.59 Å². The van der Waals surface area contributed by atoms with E-state index in [1.807, 2.05) is 30.9 Å². The monoisotopic (exact) mass is 413 g/mol. The number of aryl methyl sites for hydroxylation is 2. The lowest BCUT2D eigenvalue weighted by Crippen LogP contribution is -2.56. The average Bonchev–Trinajstić information content (AvgIpc) is 2.71. The molecule has 1 aromatic carbocycles. The van der Waals surface area contributed by atoms with Gasteiger partial charge < -0.3 is 10.2 Å². The summed E-state index contributed by atoms with van der Waals surface area (Å²) in [5.74, 6) is 0.731. The molecule has 0 radical (unpaired) electrons. The van der Waals surface area contributed by atoms with Crippen LogP contribution in [0.4, 0.5) is 0 Å². The highest BCUT2D eigenvalue weighted by atomic mass is 16.2. The number of hydrogen-bond acceptors (Lipinski definition) is 3. The third-order valence-electron chi connectivity index (χ3n) is 6.76. The zero-order valence-corrected chi connectivity index (χ0v) is 19.5. The fourth-order valence-electron chi connectivity index (χ4n) is 4.96. The topological polar surface area (TPSA) is 52.7 Å². The first-order valence-corrected chi connectivity index (χ1v) is 11.6. The van der Waals surface area contributed by atoms with E-state index in [0.717, 1.165) is 55.1 Å². The number of benzene rings is 1. The molecule has 2 atom stereocenters. The van der Waals surface area contributed by atoms with Crippen molar-refractivity contribution in [3.05, 3.63) is 34.9 Å². The van der Waals surface area contributed by atoms with Crippen molar-refractivity contribution in [1.29, 1.82) is 0 Å². The third kappa shape index (κ3) is 5.63. The van der Waals surface area contributed by atoms with Crippen LogP contribution in [0.3, 0.4) is 0 Å².